The first-order valence-electron chi connectivity index (χ1n) is 6.68. The van der Waals surface area contributed by atoms with Gasteiger partial charge in [-0.05, 0) is 31.2 Å². The van der Waals surface area contributed by atoms with E-state index < -0.39 is 10.9 Å². The molecule has 0 spiro atoms. The molecule has 0 heterocycles. The molecule has 0 atom stereocenters. The number of nitriles is 1. The van der Waals surface area contributed by atoms with Crippen LogP contribution in [-0.2, 0) is 4.74 Å². The third-order valence-electron chi connectivity index (χ3n) is 2.86. The van der Waals surface area contributed by atoms with Crippen molar-refractivity contribution >= 4 is 11.7 Å². The molecule has 0 fully saturated rings. The maximum absolute atomic E-state index is 11.7. The third-order valence-corrected chi connectivity index (χ3v) is 2.86. The van der Waals surface area contributed by atoms with Gasteiger partial charge in [0.15, 0.2) is 0 Å². The Kier molecular flexibility index (Phi) is 4.89. The van der Waals surface area contributed by atoms with Crippen molar-refractivity contribution in [1.29, 1.82) is 5.26 Å². The molecule has 0 amide bonds. The minimum absolute atomic E-state index is 0.0740. The average Bonchev–Trinajstić information content (AvgIpc) is 2.55. The Labute approximate surface area is 131 Å². The number of ether oxygens (including phenoxy) is 2. The molecule has 7 heteroatoms. The van der Waals surface area contributed by atoms with Crippen LogP contribution in [0.2, 0.25) is 0 Å². The van der Waals surface area contributed by atoms with Crippen LogP contribution in [0.3, 0.4) is 0 Å². The Morgan fingerprint density at radius 1 is 1.30 bits per heavy atom. The number of hydrogen-bond acceptors (Lipinski definition) is 6. The maximum Gasteiger partial charge on any atom is 0.338 e. The van der Waals surface area contributed by atoms with Crippen molar-refractivity contribution in [3.63, 3.8) is 0 Å². The van der Waals surface area contributed by atoms with Crippen LogP contribution in [0.15, 0.2) is 42.5 Å². The SMILES string of the molecule is CCOC(=O)c1cccc(Oc2cc(C#N)ccc2[N+](=O)[O-])c1. The molecular formula is C16H12N2O5. The van der Waals surface area contributed by atoms with Crippen LogP contribution in [0.5, 0.6) is 11.5 Å². The molecule has 116 valence electrons. The summed E-state index contributed by atoms with van der Waals surface area (Å²) in [7, 11) is 0. The molecule has 0 aliphatic carbocycles. The third kappa shape index (κ3) is 3.83. The zero-order chi connectivity index (χ0) is 16.8. The van der Waals surface area contributed by atoms with E-state index in [0.717, 1.165) is 0 Å². The number of nitro groups is 1. The predicted octanol–water partition coefficient (Wildman–Crippen LogP) is 3.44. The molecule has 0 radical (unpaired) electrons. The molecule has 0 unspecified atom stereocenters. The lowest BCUT2D eigenvalue weighted by Gasteiger charge is -2.08. The second kappa shape index (κ2) is 7.04. The lowest BCUT2D eigenvalue weighted by molar-refractivity contribution is -0.385. The summed E-state index contributed by atoms with van der Waals surface area (Å²) in [4.78, 5) is 22.1. The molecule has 0 saturated heterocycles. The van der Waals surface area contributed by atoms with Gasteiger partial charge in [0.25, 0.3) is 0 Å². The van der Waals surface area contributed by atoms with E-state index in [0.29, 0.717) is 0 Å². The van der Waals surface area contributed by atoms with Gasteiger partial charge < -0.3 is 9.47 Å². The highest BCUT2D eigenvalue weighted by Crippen LogP contribution is 2.32. The number of hydrogen-bond donors (Lipinski definition) is 0. The number of nitro benzene ring substituents is 1. The van der Waals surface area contributed by atoms with Gasteiger partial charge in [-0.1, -0.05) is 6.07 Å². The topological polar surface area (TPSA) is 102 Å². The molecule has 0 bridgehead atoms. The quantitative estimate of drug-likeness (QED) is 0.476. The molecule has 0 aliphatic heterocycles. The van der Waals surface area contributed by atoms with E-state index in [4.69, 9.17) is 14.7 Å². The highest BCUT2D eigenvalue weighted by atomic mass is 16.6. The Balaban J connectivity index is 2.35. The van der Waals surface area contributed by atoms with Gasteiger partial charge in [0.1, 0.15) is 5.75 Å². The van der Waals surface area contributed by atoms with Crippen molar-refractivity contribution in [1.82, 2.24) is 0 Å². The lowest BCUT2D eigenvalue weighted by atomic mass is 10.2. The Morgan fingerprint density at radius 2 is 2.09 bits per heavy atom. The lowest BCUT2D eigenvalue weighted by Crippen LogP contribution is -2.04. The van der Waals surface area contributed by atoms with E-state index in [1.165, 1.54) is 24.3 Å². The normalized spacial score (nSPS) is 9.74. The van der Waals surface area contributed by atoms with Crippen LogP contribution in [0.4, 0.5) is 5.69 Å². The first-order chi connectivity index (χ1) is 11.0. The van der Waals surface area contributed by atoms with Crippen molar-refractivity contribution in [2.45, 2.75) is 6.92 Å². The summed E-state index contributed by atoms with van der Waals surface area (Å²) in [6.45, 7) is 1.93. The van der Waals surface area contributed by atoms with E-state index in [-0.39, 0.29) is 34.9 Å². The van der Waals surface area contributed by atoms with Crippen molar-refractivity contribution in [3.05, 3.63) is 63.7 Å². The van der Waals surface area contributed by atoms with E-state index in [2.05, 4.69) is 0 Å². The molecular weight excluding hydrogens is 300 g/mol. The predicted molar refractivity (Wildman–Crippen MR) is 80.3 cm³/mol. The van der Waals surface area contributed by atoms with Gasteiger partial charge in [0.2, 0.25) is 5.75 Å². The second-order valence-electron chi connectivity index (χ2n) is 4.40. The summed E-state index contributed by atoms with van der Waals surface area (Å²) in [6, 6.07) is 11.8. The number of rotatable bonds is 5. The second-order valence-corrected chi connectivity index (χ2v) is 4.40. The van der Waals surface area contributed by atoms with Crippen LogP contribution >= 0.6 is 0 Å². The fourth-order valence-electron chi connectivity index (χ4n) is 1.84. The van der Waals surface area contributed by atoms with Gasteiger partial charge in [-0.15, -0.1) is 0 Å². The zero-order valence-corrected chi connectivity index (χ0v) is 12.2. The number of esters is 1. The number of carbonyl (C=O) groups excluding carboxylic acids is 1. The molecule has 7 nitrogen and oxygen atoms in total. The summed E-state index contributed by atoms with van der Waals surface area (Å²) in [5.74, 6) is -0.359. The van der Waals surface area contributed by atoms with Gasteiger partial charge in [-0.3, -0.25) is 10.1 Å². The van der Waals surface area contributed by atoms with Gasteiger partial charge >= 0.3 is 11.7 Å². The minimum Gasteiger partial charge on any atom is -0.462 e. The maximum atomic E-state index is 11.7. The van der Waals surface area contributed by atoms with Gasteiger partial charge in [-0.2, -0.15) is 5.26 Å². The molecule has 23 heavy (non-hydrogen) atoms. The van der Waals surface area contributed by atoms with E-state index in [1.807, 2.05) is 6.07 Å². The van der Waals surface area contributed by atoms with Crippen LogP contribution < -0.4 is 4.74 Å². The highest BCUT2D eigenvalue weighted by molar-refractivity contribution is 5.89. The van der Waals surface area contributed by atoms with Crippen molar-refractivity contribution in [2.75, 3.05) is 6.61 Å². The summed E-state index contributed by atoms with van der Waals surface area (Å²) in [5, 5.41) is 19.9. The van der Waals surface area contributed by atoms with Crippen LogP contribution in [-0.4, -0.2) is 17.5 Å². The van der Waals surface area contributed by atoms with Gasteiger partial charge in [0, 0.05) is 12.1 Å². The highest BCUT2D eigenvalue weighted by Gasteiger charge is 2.17. The largest absolute Gasteiger partial charge is 0.462 e. The first kappa shape index (κ1) is 16.0. The Morgan fingerprint density at radius 3 is 2.74 bits per heavy atom. The zero-order valence-electron chi connectivity index (χ0n) is 12.2. The molecule has 2 rings (SSSR count). The molecule has 0 N–H and O–H groups in total. The fraction of sp³-hybridized carbons (Fsp3) is 0.125. The van der Waals surface area contributed by atoms with Gasteiger partial charge in [0.05, 0.1) is 28.7 Å². The van der Waals surface area contributed by atoms with Crippen LogP contribution in [0, 0.1) is 21.4 Å². The van der Waals surface area contributed by atoms with Crippen molar-refractivity contribution in [3.8, 4) is 17.6 Å². The molecule has 2 aromatic carbocycles. The first-order valence-corrected chi connectivity index (χ1v) is 6.68. The number of nitrogens with zero attached hydrogens (tertiary/aromatic N) is 2. The monoisotopic (exact) mass is 312 g/mol. The summed E-state index contributed by atoms with van der Waals surface area (Å²) in [6.07, 6.45) is 0. The van der Waals surface area contributed by atoms with E-state index >= 15 is 0 Å². The van der Waals surface area contributed by atoms with E-state index in [9.17, 15) is 14.9 Å². The standard InChI is InChI=1S/C16H12N2O5/c1-2-22-16(19)12-4-3-5-13(9-12)23-15-8-11(10-17)6-7-14(15)18(20)21/h3-9H,2H2,1H3. The fourth-order valence-corrected chi connectivity index (χ4v) is 1.84. The minimum atomic E-state index is -0.605. The van der Waals surface area contributed by atoms with E-state index in [1.54, 1.807) is 25.1 Å². The van der Waals surface area contributed by atoms with Crippen molar-refractivity contribution in [2.24, 2.45) is 0 Å². The number of benzene rings is 2. The molecule has 2 aromatic rings. The smallest absolute Gasteiger partial charge is 0.338 e. The molecule has 0 aromatic heterocycles. The van der Waals surface area contributed by atoms with Crippen LogP contribution in [0.25, 0.3) is 0 Å². The molecule has 0 saturated carbocycles. The summed E-state index contributed by atoms with van der Waals surface area (Å²) >= 11 is 0. The Hall–Kier alpha value is -3.40. The molecule has 0 aliphatic rings. The van der Waals surface area contributed by atoms with Gasteiger partial charge in [-0.25, -0.2) is 4.79 Å². The average molecular weight is 312 g/mol. The van der Waals surface area contributed by atoms with Crippen LogP contribution in [0.1, 0.15) is 22.8 Å². The number of carbonyl (C=O) groups is 1. The summed E-state index contributed by atoms with van der Waals surface area (Å²) in [5.41, 5.74) is 0.223. The van der Waals surface area contributed by atoms with Crippen molar-refractivity contribution < 1.29 is 19.2 Å². The Bertz CT molecular complexity index is 795. The summed E-state index contributed by atoms with van der Waals surface area (Å²) < 4.78 is 10.4.